The summed E-state index contributed by atoms with van der Waals surface area (Å²) in [6.07, 6.45) is 7.40. The Morgan fingerprint density at radius 3 is 2.89 bits per heavy atom. The van der Waals surface area contributed by atoms with Gasteiger partial charge in [-0.1, -0.05) is 19.3 Å². The molecule has 2 fully saturated rings. The van der Waals surface area contributed by atoms with Crippen LogP contribution in [0.5, 0.6) is 0 Å². The zero-order chi connectivity index (χ0) is 12.6. The van der Waals surface area contributed by atoms with Crippen LogP contribution in [-0.2, 0) is 11.3 Å². The molecule has 6 heteroatoms. The minimum atomic E-state index is 0.159. The average molecular weight is 249 g/mol. The first kappa shape index (κ1) is 11.5. The first-order chi connectivity index (χ1) is 8.70. The highest BCUT2D eigenvalue weighted by atomic mass is 16.2. The topological polar surface area (TPSA) is 96.7 Å². The number of hydrogen-bond donors (Lipinski definition) is 3. The second kappa shape index (κ2) is 4.26. The summed E-state index contributed by atoms with van der Waals surface area (Å²) in [6, 6.07) is 0. The third-order valence-electron chi connectivity index (χ3n) is 4.33. The molecule has 98 valence electrons. The summed E-state index contributed by atoms with van der Waals surface area (Å²) < 4.78 is 0. The molecule has 1 spiro atoms. The smallest absolute Gasteiger partial charge is 0.239 e. The van der Waals surface area contributed by atoms with Crippen LogP contribution < -0.4 is 11.1 Å². The van der Waals surface area contributed by atoms with E-state index in [-0.39, 0.29) is 17.8 Å². The van der Waals surface area contributed by atoms with Crippen molar-refractivity contribution < 1.29 is 4.79 Å². The zero-order valence-electron chi connectivity index (χ0n) is 10.4. The Kier molecular flexibility index (Phi) is 2.72. The normalized spacial score (nSPS) is 25.0. The maximum absolute atomic E-state index is 12.1. The van der Waals surface area contributed by atoms with Gasteiger partial charge >= 0.3 is 0 Å². The van der Waals surface area contributed by atoms with Gasteiger partial charge in [-0.05, 0) is 24.7 Å². The van der Waals surface area contributed by atoms with Crippen molar-refractivity contribution in [2.24, 2.45) is 11.3 Å². The second-order valence-corrected chi connectivity index (χ2v) is 5.54. The minimum Gasteiger partial charge on any atom is -0.367 e. The predicted molar refractivity (Wildman–Crippen MR) is 66.3 cm³/mol. The molecule has 1 atom stereocenters. The Hall–Kier alpha value is -1.59. The highest BCUT2D eigenvalue weighted by molar-refractivity contribution is 5.82. The molecule has 0 unspecified atom stereocenters. The first-order valence-corrected chi connectivity index (χ1v) is 6.64. The number of anilines is 1. The van der Waals surface area contributed by atoms with Crippen LogP contribution in [0.1, 0.15) is 44.3 Å². The van der Waals surface area contributed by atoms with E-state index in [0.29, 0.717) is 17.8 Å². The molecule has 0 bridgehead atoms. The highest BCUT2D eigenvalue weighted by Gasteiger charge is 2.57. The summed E-state index contributed by atoms with van der Waals surface area (Å²) in [5, 5.41) is 9.34. The van der Waals surface area contributed by atoms with Gasteiger partial charge in [-0.2, -0.15) is 4.98 Å². The van der Waals surface area contributed by atoms with Gasteiger partial charge in [0.25, 0.3) is 0 Å². The van der Waals surface area contributed by atoms with Gasteiger partial charge in [-0.15, -0.1) is 5.10 Å². The van der Waals surface area contributed by atoms with E-state index < -0.39 is 0 Å². The first-order valence-electron chi connectivity index (χ1n) is 6.64. The van der Waals surface area contributed by atoms with Crippen molar-refractivity contribution in [2.75, 3.05) is 5.73 Å². The Balaban J connectivity index is 1.51. The fraction of sp³-hybridized carbons (Fsp3) is 0.750. The van der Waals surface area contributed by atoms with E-state index in [9.17, 15) is 4.79 Å². The molecule has 0 saturated heterocycles. The lowest BCUT2D eigenvalue weighted by atomic mass is 9.84. The lowest BCUT2D eigenvalue weighted by Gasteiger charge is -2.21. The molecule has 18 heavy (non-hydrogen) atoms. The monoisotopic (exact) mass is 249 g/mol. The van der Waals surface area contributed by atoms with E-state index in [1.54, 1.807) is 0 Å². The molecule has 2 aliphatic rings. The van der Waals surface area contributed by atoms with E-state index in [4.69, 9.17) is 5.73 Å². The molecule has 2 saturated carbocycles. The van der Waals surface area contributed by atoms with E-state index in [2.05, 4.69) is 20.5 Å². The maximum atomic E-state index is 12.1. The number of hydrogen-bond acceptors (Lipinski definition) is 4. The number of nitrogens with one attached hydrogen (secondary N) is 2. The molecule has 1 aromatic rings. The molecule has 3 rings (SSSR count). The molecule has 1 amide bonds. The molecule has 0 radical (unpaired) electrons. The van der Waals surface area contributed by atoms with Gasteiger partial charge in [0.15, 0.2) is 0 Å². The van der Waals surface area contributed by atoms with Crippen LogP contribution in [0.4, 0.5) is 5.95 Å². The third kappa shape index (κ3) is 2.07. The second-order valence-electron chi connectivity index (χ2n) is 5.54. The summed E-state index contributed by atoms with van der Waals surface area (Å²) in [4.78, 5) is 16.0. The number of carbonyl (C=O) groups is 1. The number of carbonyl (C=O) groups excluding carboxylic acids is 1. The van der Waals surface area contributed by atoms with Crippen molar-refractivity contribution in [1.29, 1.82) is 0 Å². The third-order valence-corrected chi connectivity index (χ3v) is 4.33. The van der Waals surface area contributed by atoms with Crippen molar-refractivity contribution in [2.45, 2.75) is 45.1 Å². The van der Waals surface area contributed by atoms with Crippen molar-refractivity contribution >= 4 is 11.9 Å². The number of nitrogens with two attached hydrogens (primary N) is 1. The molecule has 0 aromatic carbocycles. The minimum absolute atomic E-state index is 0.159. The number of nitrogen functional groups attached to an aromatic ring is 1. The average Bonchev–Trinajstić information content (AvgIpc) is 2.89. The Morgan fingerprint density at radius 2 is 2.22 bits per heavy atom. The van der Waals surface area contributed by atoms with Crippen LogP contribution in [0, 0.1) is 11.3 Å². The summed E-state index contributed by atoms with van der Waals surface area (Å²) >= 11 is 0. The van der Waals surface area contributed by atoms with E-state index in [0.717, 1.165) is 6.42 Å². The van der Waals surface area contributed by atoms with Crippen molar-refractivity contribution in [3.05, 3.63) is 5.82 Å². The largest absolute Gasteiger partial charge is 0.367 e. The Morgan fingerprint density at radius 1 is 1.44 bits per heavy atom. The molecule has 4 N–H and O–H groups in total. The van der Waals surface area contributed by atoms with Crippen LogP contribution in [0.25, 0.3) is 0 Å². The molecule has 1 heterocycles. The number of amides is 1. The lowest BCUT2D eigenvalue weighted by Crippen LogP contribution is -2.28. The molecule has 2 aliphatic carbocycles. The Bertz CT molecular complexity index is 449. The van der Waals surface area contributed by atoms with Crippen LogP contribution in [-0.4, -0.2) is 21.1 Å². The molecular formula is C12H19N5O. The quantitative estimate of drug-likeness (QED) is 0.743. The number of nitrogens with zero attached hydrogens (tertiary/aromatic N) is 2. The van der Waals surface area contributed by atoms with Gasteiger partial charge in [0.2, 0.25) is 11.9 Å². The molecule has 6 nitrogen and oxygen atoms in total. The van der Waals surface area contributed by atoms with Crippen LogP contribution in [0.15, 0.2) is 0 Å². The number of H-pyrrole nitrogens is 1. The van der Waals surface area contributed by atoms with Gasteiger partial charge in [0, 0.05) is 5.92 Å². The number of rotatable bonds is 3. The summed E-state index contributed by atoms with van der Waals surface area (Å²) in [7, 11) is 0. The fourth-order valence-electron chi connectivity index (χ4n) is 3.21. The highest BCUT2D eigenvalue weighted by Crippen LogP contribution is 2.61. The number of aromatic amines is 1. The summed E-state index contributed by atoms with van der Waals surface area (Å²) in [5.41, 5.74) is 5.74. The van der Waals surface area contributed by atoms with Crippen molar-refractivity contribution in [3.8, 4) is 0 Å². The summed E-state index contributed by atoms with van der Waals surface area (Å²) in [5.74, 6) is 1.21. The van der Waals surface area contributed by atoms with Crippen LogP contribution >= 0.6 is 0 Å². The van der Waals surface area contributed by atoms with Crippen molar-refractivity contribution in [1.82, 2.24) is 20.5 Å². The van der Waals surface area contributed by atoms with Crippen LogP contribution in [0.2, 0.25) is 0 Å². The predicted octanol–water partition coefficient (Wildman–Crippen LogP) is 0.973. The maximum Gasteiger partial charge on any atom is 0.239 e. The SMILES string of the molecule is Nc1n[nH]c(CNC(=O)[C@H]2CC23CCCCC3)n1. The Labute approximate surface area is 106 Å². The number of aromatic nitrogens is 3. The molecule has 1 aromatic heterocycles. The molecule has 0 aliphatic heterocycles. The van der Waals surface area contributed by atoms with Gasteiger partial charge < -0.3 is 11.1 Å². The van der Waals surface area contributed by atoms with Crippen LogP contribution in [0.3, 0.4) is 0 Å². The molecular weight excluding hydrogens is 230 g/mol. The summed E-state index contributed by atoms with van der Waals surface area (Å²) in [6.45, 7) is 0.385. The standard InChI is InChI=1S/C12H19N5O/c13-11-15-9(16-17-11)7-14-10(18)8-6-12(8)4-2-1-3-5-12/h8H,1-7H2,(H,14,18)(H3,13,15,16,17)/t8-/m1/s1. The van der Waals surface area contributed by atoms with E-state index in [1.807, 2.05) is 0 Å². The van der Waals surface area contributed by atoms with Crippen molar-refractivity contribution in [3.63, 3.8) is 0 Å². The lowest BCUT2D eigenvalue weighted by molar-refractivity contribution is -0.123. The van der Waals surface area contributed by atoms with Gasteiger partial charge in [-0.25, -0.2) is 0 Å². The van der Waals surface area contributed by atoms with Gasteiger partial charge in [-0.3, -0.25) is 9.89 Å². The van der Waals surface area contributed by atoms with Gasteiger partial charge in [0.05, 0.1) is 6.54 Å². The zero-order valence-corrected chi connectivity index (χ0v) is 10.4. The van der Waals surface area contributed by atoms with E-state index >= 15 is 0 Å². The fourth-order valence-corrected chi connectivity index (χ4v) is 3.21. The van der Waals surface area contributed by atoms with Gasteiger partial charge in [0.1, 0.15) is 5.82 Å². The van der Waals surface area contributed by atoms with E-state index in [1.165, 1.54) is 32.1 Å².